The Kier molecular flexibility index (Phi) is 8.60. The number of halogens is 2. The van der Waals surface area contributed by atoms with Gasteiger partial charge < -0.3 is 0 Å². The molecule has 0 aliphatic carbocycles. The fraction of sp³-hybridized carbons (Fsp3) is 0.429. The van der Waals surface area contributed by atoms with Crippen molar-refractivity contribution in [3.05, 3.63) is 29.8 Å². The van der Waals surface area contributed by atoms with Crippen molar-refractivity contribution in [1.82, 2.24) is 0 Å². The van der Waals surface area contributed by atoms with Gasteiger partial charge in [0.2, 0.25) is 0 Å². The zero-order chi connectivity index (χ0) is 15.1. The summed E-state index contributed by atoms with van der Waals surface area (Å²) < 4.78 is 0. The van der Waals surface area contributed by atoms with Crippen molar-refractivity contribution in [3.63, 3.8) is 0 Å². The summed E-state index contributed by atoms with van der Waals surface area (Å²) in [7, 11) is 9.53. The molecule has 0 unspecified atom stereocenters. The number of aliphatic imine (C=N–C) groups is 1. The van der Waals surface area contributed by atoms with Crippen LogP contribution in [0.25, 0.3) is 0 Å². The molecule has 0 amide bonds. The van der Waals surface area contributed by atoms with E-state index >= 15 is 0 Å². The average molecular weight is 344 g/mol. The first-order valence-electron chi connectivity index (χ1n) is 5.75. The second kappa shape index (κ2) is 8.76. The number of carbonyl (C=O) groups is 1. The van der Waals surface area contributed by atoms with Gasteiger partial charge in [0.1, 0.15) is 0 Å². The van der Waals surface area contributed by atoms with Crippen LogP contribution in [0.5, 0.6) is 0 Å². The number of nitrogens with zero attached hydrogens (tertiary/aromatic N) is 1. The Labute approximate surface area is 130 Å². The van der Waals surface area contributed by atoms with E-state index in [1.165, 1.54) is 0 Å². The van der Waals surface area contributed by atoms with Gasteiger partial charge in [-0.25, -0.2) is 4.99 Å². The molecule has 0 spiro atoms. The summed E-state index contributed by atoms with van der Waals surface area (Å²) >= 11 is 0.194. The van der Waals surface area contributed by atoms with Crippen LogP contribution in [0.3, 0.4) is 0 Å². The Morgan fingerprint density at radius 3 is 2.05 bits per heavy atom. The summed E-state index contributed by atoms with van der Waals surface area (Å²) in [5.74, 6) is 0.0173. The van der Waals surface area contributed by atoms with Gasteiger partial charge in [-0.2, -0.15) is 0 Å². The maximum absolute atomic E-state index is 11.2. The second-order valence-corrected chi connectivity index (χ2v) is 6.89. The van der Waals surface area contributed by atoms with E-state index in [1.54, 1.807) is 13.8 Å². The zero-order valence-electron chi connectivity index (χ0n) is 11.8. The number of ketones is 1. The first-order chi connectivity index (χ1) is 8.73. The summed E-state index contributed by atoms with van der Waals surface area (Å²) in [5, 5.41) is 0. The minimum atomic E-state index is 0.0173. The number of rotatable bonds is 2. The molecule has 1 aromatic carbocycles. The number of hydrogen-bond donors (Lipinski definition) is 0. The number of benzene rings is 1. The van der Waals surface area contributed by atoms with Gasteiger partial charge in [0.25, 0.3) is 0 Å². The molecule has 0 saturated carbocycles. The van der Waals surface area contributed by atoms with Gasteiger partial charge in [-0.05, 0) is 24.0 Å². The number of Topliss-reactive ketones (excluding diaryl/α,β-unsaturated/α-hetero) is 1. The van der Waals surface area contributed by atoms with E-state index < -0.39 is 0 Å². The van der Waals surface area contributed by atoms with Crippen LogP contribution in [0, 0.1) is 0 Å². The number of para-hydroxylation sites is 1. The summed E-state index contributed by atoms with van der Waals surface area (Å²) in [6.07, 6.45) is 0. The van der Waals surface area contributed by atoms with E-state index in [0.29, 0.717) is 5.71 Å². The van der Waals surface area contributed by atoms with Gasteiger partial charge in [-0.1, -0.05) is 39.0 Å². The molecule has 0 fully saturated rings. The van der Waals surface area contributed by atoms with Crippen molar-refractivity contribution in [2.45, 2.75) is 40.0 Å². The van der Waals surface area contributed by atoms with Gasteiger partial charge in [0.15, 0.2) is 5.78 Å². The third-order valence-electron chi connectivity index (χ3n) is 2.51. The Balaban J connectivity index is 0.000000982. The van der Waals surface area contributed by atoms with E-state index in [9.17, 15) is 4.79 Å². The first kappa shape index (κ1) is 18.7. The molecule has 1 rings (SSSR count). The predicted octanol–water partition coefficient (Wildman–Crippen LogP) is 5.04. The van der Waals surface area contributed by atoms with Crippen LogP contribution in [0.2, 0.25) is 0 Å². The van der Waals surface area contributed by atoms with Gasteiger partial charge in [0, 0.05) is 6.92 Å². The Hall–Kier alpha value is -0.341. The number of hydrogen-bond acceptors (Lipinski definition) is 2. The zero-order valence-corrected chi connectivity index (χ0v) is 14.4. The van der Waals surface area contributed by atoms with E-state index in [-0.39, 0.29) is 24.3 Å². The molecular formula is C14H19Cl2FeNO. The molecule has 0 aliphatic heterocycles. The van der Waals surface area contributed by atoms with Crippen LogP contribution >= 0.6 is 20.2 Å². The SMILES string of the molecule is CC(=O)C(C)=Nc1ccccc1C(C)(C)C.[Cl][Fe][Cl]. The van der Waals surface area contributed by atoms with Crippen molar-refractivity contribution < 1.29 is 17.9 Å². The molecule has 2 nitrogen and oxygen atoms in total. The Morgan fingerprint density at radius 2 is 1.63 bits per heavy atom. The van der Waals surface area contributed by atoms with Gasteiger partial charge >= 0.3 is 33.3 Å². The van der Waals surface area contributed by atoms with Crippen molar-refractivity contribution in [1.29, 1.82) is 0 Å². The van der Waals surface area contributed by atoms with Gasteiger partial charge in [-0.15, -0.1) is 0 Å². The monoisotopic (exact) mass is 343 g/mol. The van der Waals surface area contributed by atoms with Crippen molar-refractivity contribution >= 4 is 37.4 Å². The molecule has 0 aliphatic rings. The van der Waals surface area contributed by atoms with Crippen LogP contribution in [-0.4, -0.2) is 11.5 Å². The van der Waals surface area contributed by atoms with Crippen LogP contribution < -0.4 is 0 Å². The Bertz CT molecular complexity index is 453. The molecule has 0 atom stereocenters. The Morgan fingerprint density at radius 1 is 1.16 bits per heavy atom. The van der Waals surface area contributed by atoms with Crippen molar-refractivity contribution in [2.75, 3.05) is 0 Å². The maximum atomic E-state index is 11.2. The molecule has 1 aromatic rings. The third-order valence-corrected chi connectivity index (χ3v) is 2.51. The number of carbonyl (C=O) groups excluding carboxylic acids is 1. The standard InChI is InChI=1S/C14H19NO.2ClH.Fe/c1-10(11(2)16)15-13-9-7-6-8-12(13)14(3,4)5;;;/h6-9H,1-5H3;2*1H;/q;;;+2/p-2. The van der Waals surface area contributed by atoms with Gasteiger partial charge in [-0.3, -0.25) is 4.79 Å². The predicted molar refractivity (Wildman–Crippen MR) is 80.3 cm³/mol. The van der Waals surface area contributed by atoms with E-state index in [1.807, 2.05) is 18.2 Å². The van der Waals surface area contributed by atoms with Crippen molar-refractivity contribution in [2.24, 2.45) is 4.99 Å². The fourth-order valence-corrected chi connectivity index (χ4v) is 1.46. The molecular weight excluding hydrogens is 325 g/mol. The van der Waals surface area contributed by atoms with Crippen LogP contribution in [0.4, 0.5) is 5.69 Å². The molecule has 0 saturated heterocycles. The molecule has 0 bridgehead atoms. The quantitative estimate of drug-likeness (QED) is 0.546. The first-order valence-corrected chi connectivity index (χ1v) is 8.78. The van der Waals surface area contributed by atoms with Crippen LogP contribution in [0.1, 0.15) is 40.2 Å². The van der Waals surface area contributed by atoms with Crippen molar-refractivity contribution in [3.8, 4) is 0 Å². The minimum absolute atomic E-state index is 0.0173. The summed E-state index contributed by atoms with van der Waals surface area (Å²) in [4.78, 5) is 15.6. The molecule has 0 aromatic heterocycles. The third kappa shape index (κ3) is 7.12. The molecule has 5 heteroatoms. The molecule has 0 radical (unpaired) electrons. The second-order valence-electron chi connectivity index (χ2n) is 5.07. The van der Waals surface area contributed by atoms with Crippen LogP contribution in [0.15, 0.2) is 29.3 Å². The molecule has 0 N–H and O–H groups in total. The summed E-state index contributed by atoms with van der Waals surface area (Å²) in [5.41, 5.74) is 2.65. The average Bonchev–Trinajstić information content (AvgIpc) is 2.29. The summed E-state index contributed by atoms with van der Waals surface area (Å²) in [6, 6.07) is 7.96. The molecule has 108 valence electrons. The normalized spacial score (nSPS) is 11.8. The molecule has 0 heterocycles. The molecule has 19 heavy (non-hydrogen) atoms. The van der Waals surface area contributed by atoms with E-state index in [0.717, 1.165) is 11.3 Å². The fourth-order valence-electron chi connectivity index (χ4n) is 1.46. The van der Waals surface area contributed by atoms with E-state index in [2.05, 4.69) is 31.8 Å². The topological polar surface area (TPSA) is 29.4 Å². The van der Waals surface area contributed by atoms with E-state index in [4.69, 9.17) is 20.2 Å². The van der Waals surface area contributed by atoms with Crippen LogP contribution in [-0.2, 0) is 23.3 Å². The summed E-state index contributed by atoms with van der Waals surface area (Å²) in [6.45, 7) is 9.72. The van der Waals surface area contributed by atoms with Gasteiger partial charge in [0.05, 0.1) is 11.4 Å².